The van der Waals surface area contributed by atoms with Crippen LogP contribution in [0.15, 0.2) is 52.9 Å². The van der Waals surface area contributed by atoms with E-state index in [1.54, 1.807) is 0 Å². The van der Waals surface area contributed by atoms with Crippen molar-refractivity contribution in [3.05, 3.63) is 48.5 Å². The van der Waals surface area contributed by atoms with Crippen molar-refractivity contribution in [3.63, 3.8) is 0 Å². The van der Waals surface area contributed by atoms with E-state index in [9.17, 15) is 19.5 Å². The lowest BCUT2D eigenvalue weighted by atomic mass is 10.1. The van der Waals surface area contributed by atoms with Gasteiger partial charge in [-0.15, -0.1) is 0 Å². The van der Waals surface area contributed by atoms with E-state index in [0.29, 0.717) is 30.7 Å². The van der Waals surface area contributed by atoms with Crippen LogP contribution in [0.2, 0.25) is 0 Å². The van der Waals surface area contributed by atoms with Crippen molar-refractivity contribution < 1.29 is 52.5 Å². The van der Waals surface area contributed by atoms with Crippen molar-refractivity contribution in [3.8, 4) is 0 Å². The molecule has 37 heavy (non-hydrogen) atoms. The van der Waals surface area contributed by atoms with Crippen LogP contribution >= 0.6 is 0 Å². The molecule has 196 valence electrons. The summed E-state index contributed by atoms with van der Waals surface area (Å²) in [5, 5.41) is 19.3. The molecular formula is C26H30IN5O5. The quantitative estimate of drug-likeness (QED) is 0.0804. The summed E-state index contributed by atoms with van der Waals surface area (Å²) in [6.45, 7) is 0.0281. The molecular weight excluding hydrogens is 589 g/mol. The van der Waals surface area contributed by atoms with Gasteiger partial charge in [0.15, 0.2) is 0 Å². The summed E-state index contributed by atoms with van der Waals surface area (Å²) in [5.41, 5.74) is 9.35. The van der Waals surface area contributed by atoms with Gasteiger partial charge >= 0.3 is 5.97 Å². The molecule has 1 atom stereocenters. The number of benzene rings is 2. The number of amides is 2. The van der Waals surface area contributed by atoms with Crippen molar-refractivity contribution in [1.29, 1.82) is 0 Å². The van der Waals surface area contributed by atoms with Gasteiger partial charge in [-0.25, -0.2) is 4.79 Å². The molecule has 0 spiro atoms. The van der Waals surface area contributed by atoms with Crippen LogP contribution in [0.3, 0.4) is 0 Å². The number of carbonyl (C=O) groups is 3. The maximum atomic E-state index is 12.5. The van der Waals surface area contributed by atoms with Crippen LogP contribution in [0.1, 0.15) is 19.3 Å². The fourth-order valence-corrected chi connectivity index (χ4v) is 4.34. The van der Waals surface area contributed by atoms with Crippen molar-refractivity contribution in [1.82, 2.24) is 10.6 Å². The zero-order chi connectivity index (χ0) is 25.7. The first-order valence-electron chi connectivity index (χ1n) is 11.9. The Hall–Kier alpha value is -3.45. The summed E-state index contributed by atoms with van der Waals surface area (Å²) in [4.78, 5) is 36.1. The predicted molar refractivity (Wildman–Crippen MR) is 136 cm³/mol. The summed E-state index contributed by atoms with van der Waals surface area (Å²) in [7, 11) is 1.97. The highest BCUT2D eigenvalue weighted by molar-refractivity contribution is 6.11. The summed E-state index contributed by atoms with van der Waals surface area (Å²) < 4.78 is 8.23. The van der Waals surface area contributed by atoms with Crippen LogP contribution in [0.4, 0.5) is 5.69 Å². The first-order valence-corrected chi connectivity index (χ1v) is 11.9. The maximum absolute atomic E-state index is 12.5. The van der Waals surface area contributed by atoms with Gasteiger partial charge < -0.3 is 55.2 Å². The molecule has 0 saturated heterocycles. The average Bonchev–Trinajstić information content (AvgIpc) is 3.26. The van der Waals surface area contributed by atoms with Gasteiger partial charge in [0.05, 0.1) is 29.5 Å². The van der Waals surface area contributed by atoms with Crippen LogP contribution in [0, 0.1) is 0 Å². The highest BCUT2D eigenvalue weighted by Gasteiger charge is 2.25. The molecule has 0 bridgehead atoms. The van der Waals surface area contributed by atoms with E-state index in [1.165, 1.54) is 0 Å². The Bertz CT molecular complexity index is 1440. The number of hydrogen-bond acceptors (Lipinski definition) is 6. The third-order valence-corrected chi connectivity index (χ3v) is 6.12. The number of rotatable bonds is 11. The van der Waals surface area contributed by atoms with E-state index in [4.69, 9.17) is 10.2 Å². The van der Waals surface area contributed by atoms with Crippen molar-refractivity contribution in [2.45, 2.75) is 25.3 Å². The van der Waals surface area contributed by atoms with Gasteiger partial charge in [0.2, 0.25) is 22.9 Å². The van der Waals surface area contributed by atoms with E-state index >= 15 is 0 Å². The van der Waals surface area contributed by atoms with Crippen LogP contribution in [0.5, 0.6) is 0 Å². The summed E-state index contributed by atoms with van der Waals surface area (Å²) in [6.07, 6.45) is 1.54. The Labute approximate surface area is 230 Å². The molecule has 2 aromatic heterocycles. The minimum atomic E-state index is -1.12. The number of aryl methyl sites for hydroxylation is 1. The second-order valence-corrected chi connectivity index (χ2v) is 8.60. The fourth-order valence-electron chi connectivity index (χ4n) is 4.34. The summed E-state index contributed by atoms with van der Waals surface area (Å²) >= 11 is 0. The van der Waals surface area contributed by atoms with Crippen molar-refractivity contribution in [2.24, 2.45) is 12.8 Å². The van der Waals surface area contributed by atoms with Crippen LogP contribution in [-0.4, -0.2) is 48.6 Å². The number of aromatic nitrogens is 1. The first kappa shape index (κ1) is 28.1. The van der Waals surface area contributed by atoms with Crippen molar-refractivity contribution >= 4 is 56.4 Å². The van der Waals surface area contributed by atoms with Gasteiger partial charge in [0, 0.05) is 6.07 Å². The normalized spacial score (nSPS) is 11.7. The molecule has 11 heteroatoms. The number of pyridine rings is 1. The molecule has 10 nitrogen and oxygen atoms in total. The molecule has 4 aromatic rings. The number of carboxylic acids is 1. The zero-order valence-electron chi connectivity index (χ0n) is 20.4. The van der Waals surface area contributed by atoms with Gasteiger partial charge in [-0.05, 0) is 44.0 Å². The van der Waals surface area contributed by atoms with E-state index < -0.39 is 23.8 Å². The smallest absolute Gasteiger partial charge is 0.326 e. The summed E-state index contributed by atoms with van der Waals surface area (Å²) in [6, 6.07) is 14.5. The Balaban J connectivity index is 0.00000380. The zero-order valence-corrected chi connectivity index (χ0v) is 22.6. The van der Waals surface area contributed by atoms with Crippen LogP contribution in [-0.2, 0) is 21.4 Å². The fraction of sp³-hybridized carbons (Fsp3) is 0.308. The number of anilines is 1. The number of aliphatic carboxylic acids is 1. The number of carboxylic acid groups (broad SMARTS) is 1. The van der Waals surface area contributed by atoms with E-state index in [0.717, 1.165) is 27.4 Å². The molecule has 0 aliphatic rings. The minimum absolute atomic E-state index is 0. The number of nitrogens with one attached hydrogen (secondary N) is 3. The molecule has 2 amide bonds. The average molecular weight is 619 g/mol. The molecule has 0 radical (unpaired) electrons. The molecule has 2 aromatic carbocycles. The monoisotopic (exact) mass is 619 g/mol. The lowest BCUT2D eigenvalue weighted by molar-refractivity contribution is -0.616. The maximum Gasteiger partial charge on any atom is 0.326 e. The molecule has 0 aliphatic heterocycles. The molecule has 0 aliphatic carbocycles. The Morgan fingerprint density at radius 2 is 1.70 bits per heavy atom. The third-order valence-electron chi connectivity index (χ3n) is 6.12. The van der Waals surface area contributed by atoms with Crippen LogP contribution < -0.4 is 50.2 Å². The standard InChI is InChI=1S/C26H29N5O5.HI/c1-31-19-11-4-2-8-16(19)23(25-24(31)17-9-3-5-12-20(17)36-25)29-14-21(32)28-15-22(33)30-18(26(34)35)10-6-7-13-27;/h2-5,8-9,11-12,18H,6-7,10,13-15,27H2,1H3,(H3,28,30,32,33,34,35);1H. The number of furan rings is 1. The summed E-state index contributed by atoms with van der Waals surface area (Å²) in [5.74, 6) is -2.10. The number of fused-ring (bicyclic) bond motifs is 4. The highest BCUT2D eigenvalue weighted by Crippen LogP contribution is 2.35. The number of para-hydroxylation sites is 2. The van der Waals surface area contributed by atoms with Gasteiger partial charge in [0.25, 0.3) is 5.52 Å². The first-order chi connectivity index (χ1) is 17.4. The molecule has 4 rings (SSSR count). The predicted octanol–water partition coefficient (Wildman–Crippen LogP) is -1.21. The highest BCUT2D eigenvalue weighted by atomic mass is 127. The number of unbranched alkanes of at least 4 members (excludes halogenated alkanes) is 1. The van der Waals surface area contributed by atoms with E-state index in [-0.39, 0.29) is 43.5 Å². The number of halogens is 1. The number of nitrogens with zero attached hydrogens (tertiary/aromatic N) is 1. The largest absolute Gasteiger partial charge is 1.00 e. The van der Waals surface area contributed by atoms with Crippen molar-refractivity contribution in [2.75, 3.05) is 25.0 Å². The number of hydrogen-bond donors (Lipinski definition) is 5. The lowest BCUT2D eigenvalue weighted by Gasteiger charge is -2.15. The minimum Gasteiger partial charge on any atom is -1.00 e. The Kier molecular flexibility index (Phi) is 9.64. The van der Waals surface area contributed by atoms with E-state index in [2.05, 4.69) is 20.5 Å². The van der Waals surface area contributed by atoms with E-state index in [1.807, 2.05) is 55.6 Å². The SMILES string of the molecule is C[n+]1c2ccccc2c(NCC(=O)NCC(=O)NC(CCCCN)C(=O)O)c2oc3ccccc3c21.[I-]. The number of nitrogens with two attached hydrogens (primary N) is 1. The third kappa shape index (κ3) is 6.28. The second kappa shape index (κ2) is 12.7. The Morgan fingerprint density at radius 1 is 1.00 bits per heavy atom. The van der Waals surface area contributed by atoms with Gasteiger partial charge in [0.1, 0.15) is 18.7 Å². The topological polar surface area (TPSA) is 151 Å². The van der Waals surface area contributed by atoms with Gasteiger partial charge in [-0.1, -0.05) is 24.3 Å². The van der Waals surface area contributed by atoms with Gasteiger partial charge in [-0.3, -0.25) is 9.59 Å². The lowest BCUT2D eigenvalue weighted by Crippen LogP contribution is -3.00. The second-order valence-electron chi connectivity index (χ2n) is 8.60. The van der Waals surface area contributed by atoms with Gasteiger partial charge in [-0.2, -0.15) is 4.57 Å². The Morgan fingerprint density at radius 3 is 2.43 bits per heavy atom. The number of carbonyl (C=O) groups excluding carboxylic acids is 2. The molecule has 2 heterocycles. The molecule has 1 unspecified atom stereocenters. The molecule has 6 N–H and O–H groups in total. The molecule has 0 fully saturated rings. The molecule has 0 saturated carbocycles. The van der Waals surface area contributed by atoms with Crippen LogP contribution in [0.25, 0.3) is 33.0 Å².